The lowest BCUT2D eigenvalue weighted by Gasteiger charge is -2.40. The predicted octanol–water partition coefficient (Wildman–Crippen LogP) is -1.89. The second kappa shape index (κ2) is 13.8. The maximum atomic E-state index is 13.1. The molecule has 0 amide bonds. The van der Waals surface area contributed by atoms with Crippen LogP contribution in [-0.2, 0) is 18.9 Å². The number of aliphatic hydroxyl groups excluding tert-OH is 6. The van der Waals surface area contributed by atoms with Crippen LogP contribution in [-0.4, -0.2) is 139 Å². The Kier molecular flexibility index (Phi) is 10.0. The van der Waals surface area contributed by atoms with Crippen LogP contribution in [0.15, 0.2) is 30.3 Å². The maximum absolute atomic E-state index is 13.1. The number of carbonyl (C=O) groups excluding carboxylic acids is 2. The van der Waals surface area contributed by atoms with E-state index in [2.05, 4.69) is 0 Å². The van der Waals surface area contributed by atoms with Crippen molar-refractivity contribution in [2.45, 2.75) is 61.4 Å². The van der Waals surface area contributed by atoms with E-state index in [9.17, 15) is 40.2 Å². The zero-order chi connectivity index (χ0) is 33.3. The Labute approximate surface area is 261 Å². The van der Waals surface area contributed by atoms with Crippen LogP contribution in [0, 0.1) is 0 Å². The number of carbonyl (C=O) groups is 2. The number of ether oxygens (including phenoxy) is 9. The summed E-state index contributed by atoms with van der Waals surface area (Å²) in [5, 5.41) is 63.3. The van der Waals surface area contributed by atoms with E-state index in [-0.39, 0.29) is 39.9 Å². The molecule has 0 saturated carbocycles. The van der Waals surface area contributed by atoms with Crippen molar-refractivity contribution in [3.05, 3.63) is 41.5 Å². The van der Waals surface area contributed by atoms with Gasteiger partial charge in [-0.2, -0.15) is 0 Å². The number of esters is 2. The average Bonchev–Trinajstić information content (AvgIpc) is 3.06. The highest BCUT2D eigenvalue weighted by Crippen LogP contribution is 2.41. The van der Waals surface area contributed by atoms with Gasteiger partial charge in [0.05, 0.1) is 32.5 Å². The molecular formula is C29H34O17. The van der Waals surface area contributed by atoms with Gasteiger partial charge >= 0.3 is 11.9 Å². The summed E-state index contributed by atoms with van der Waals surface area (Å²) < 4.78 is 49.5. The second-order valence-electron chi connectivity index (χ2n) is 10.5. The minimum absolute atomic E-state index is 0.0112. The van der Waals surface area contributed by atoms with Crippen molar-refractivity contribution in [1.29, 1.82) is 0 Å². The van der Waals surface area contributed by atoms with Gasteiger partial charge in [-0.3, -0.25) is 0 Å². The summed E-state index contributed by atoms with van der Waals surface area (Å²) in [7, 11) is 3.77. The third-order valence-corrected chi connectivity index (χ3v) is 7.67. The molecule has 0 spiro atoms. The lowest BCUT2D eigenvalue weighted by Crippen LogP contribution is -2.60. The lowest BCUT2D eigenvalue weighted by molar-refractivity contribution is -0.277. The molecule has 252 valence electrons. The van der Waals surface area contributed by atoms with Gasteiger partial charge in [0.15, 0.2) is 23.0 Å². The van der Waals surface area contributed by atoms with Crippen LogP contribution in [0.3, 0.4) is 0 Å². The van der Waals surface area contributed by atoms with E-state index in [1.165, 1.54) is 51.7 Å². The van der Waals surface area contributed by atoms with Crippen molar-refractivity contribution in [3.8, 4) is 28.7 Å². The Bertz CT molecular complexity index is 1390. The van der Waals surface area contributed by atoms with Crippen LogP contribution in [0.5, 0.6) is 28.7 Å². The van der Waals surface area contributed by atoms with Crippen LogP contribution in [0.2, 0.25) is 0 Å². The number of hydrogen-bond acceptors (Lipinski definition) is 17. The largest absolute Gasteiger partial charge is 0.493 e. The molecule has 0 aromatic heterocycles. The molecule has 2 fully saturated rings. The third kappa shape index (κ3) is 6.49. The van der Waals surface area contributed by atoms with Gasteiger partial charge < -0.3 is 73.3 Å². The molecule has 0 aliphatic carbocycles. The van der Waals surface area contributed by atoms with Gasteiger partial charge in [0.25, 0.3) is 0 Å². The molecule has 10 atom stereocenters. The second-order valence-corrected chi connectivity index (χ2v) is 10.5. The Morgan fingerprint density at radius 1 is 0.587 bits per heavy atom. The Morgan fingerprint density at radius 2 is 1.04 bits per heavy atom. The standard InChI is InChI=1S/C29H34O17/c1-38-14-6-11-4-5-13(14)43-28-23(34)21(32)19(30)17(44-28)10-42-27(37)12-7-15(39-2)25(16(8-12)40-3)46-29-24(35)22(33)20(31)18(45-29)9-41-26(11)36/h4-8,17-24,28-35H,9-10H2,1-3H3/t17-,18-,19-,20-,21+,22-,23-,24-,28-,29+/m1/s1. The van der Waals surface area contributed by atoms with Crippen molar-refractivity contribution in [2.24, 2.45) is 0 Å². The fraction of sp³-hybridized carbons (Fsp3) is 0.517. The molecule has 8 rings (SSSR count). The number of rotatable bonds is 3. The Morgan fingerprint density at radius 3 is 1.54 bits per heavy atom. The zero-order valence-corrected chi connectivity index (χ0v) is 24.7. The van der Waals surface area contributed by atoms with E-state index < -0.39 is 86.6 Å². The topological polar surface area (TPSA) is 239 Å². The highest BCUT2D eigenvalue weighted by Gasteiger charge is 2.47. The van der Waals surface area contributed by atoms with Crippen molar-refractivity contribution >= 4 is 11.9 Å². The molecule has 2 aromatic carbocycles. The summed E-state index contributed by atoms with van der Waals surface area (Å²) in [4.78, 5) is 26.0. The number of aliphatic hydroxyl groups is 6. The highest BCUT2D eigenvalue weighted by atomic mass is 16.7. The Hall–Kier alpha value is -3.94. The van der Waals surface area contributed by atoms with E-state index in [0.717, 1.165) is 0 Å². The first-order valence-corrected chi connectivity index (χ1v) is 14.0. The molecule has 17 heteroatoms. The maximum Gasteiger partial charge on any atom is 0.338 e. The van der Waals surface area contributed by atoms with Crippen LogP contribution >= 0.6 is 0 Å². The smallest absolute Gasteiger partial charge is 0.338 e. The number of hydrogen-bond donors (Lipinski definition) is 6. The molecule has 6 heterocycles. The highest BCUT2D eigenvalue weighted by molar-refractivity contribution is 5.91. The van der Waals surface area contributed by atoms with Crippen molar-refractivity contribution in [2.75, 3.05) is 34.5 Å². The third-order valence-electron chi connectivity index (χ3n) is 7.67. The fourth-order valence-corrected chi connectivity index (χ4v) is 5.03. The number of benzene rings is 2. The molecule has 0 unspecified atom stereocenters. The van der Waals surface area contributed by atoms with Crippen LogP contribution < -0.4 is 23.7 Å². The van der Waals surface area contributed by atoms with E-state index >= 15 is 0 Å². The molecule has 2 saturated heterocycles. The molecule has 0 radical (unpaired) electrons. The first-order valence-electron chi connectivity index (χ1n) is 14.0. The lowest BCUT2D eigenvalue weighted by atomic mass is 9.99. The molecule has 6 aliphatic rings. The minimum Gasteiger partial charge on any atom is -0.493 e. The monoisotopic (exact) mass is 654 g/mol. The van der Waals surface area contributed by atoms with Gasteiger partial charge in [0.1, 0.15) is 62.0 Å². The first-order chi connectivity index (χ1) is 22.0. The average molecular weight is 655 g/mol. The van der Waals surface area contributed by atoms with E-state index in [4.69, 9.17) is 42.6 Å². The summed E-state index contributed by atoms with van der Waals surface area (Å²) in [6.07, 6.45) is -16.4. The van der Waals surface area contributed by atoms with Crippen LogP contribution in [0.4, 0.5) is 0 Å². The molecular weight excluding hydrogens is 620 g/mol. The predicted molar refractivity (Wildman–Crippen MR) is 148 cm³/mol. The van der Waals surface area contributed by atoms with E-state index in [1.807, 2.05) is 0 Å². The quantitative estimate of drug-likeness (QED) is 0.198. The minimum atomic E-state index is -1.79. The molecule has 2 aromatic rings. The summed E-state index contributed by atoms with van der Waals surface area (Å²) >= 11 is 0. The fourth-order valence-electron chi connectivity index (χ4n) is 5.03. The van der Waals surface area contributed by atoms with E-state index in [0.29, 0.717) is 0 Å². The molecule has 6 N–H and O–H groups in total. The summed E-state index contributed by atoms with van der Waals surface area (Å²) in [6.45, 7) is -1.19. The first kappa shape index (κ1) is 33.4. The molecule has 17 nitrogen and oxygen atoms in total. The van der Waals surface area contributed by atoms with Gasteiger partial charge in [-0.25, -0.2) is 9.59 Å². The van der Waals surface area contributed by atoms with Gasteiger partial charge in [-0.05, 0) is 30.3 Å². The Balaban J connectivity index is 1.52. The van der Waals surface area contributed by atoms with Gasteiger partial charge in [-0.1, -0.05) is 0 Å². The van der Waals surface area contributed by atoms with Crippen molar-refractivity contribution in [3.63, 3.8) is 0 Å². The van der Waals surface area contributed by atoms with Gasteiger partial charge in [0, 0.05) is 0 Å². The normalized spacial score (nSPS) is 33.3. The zero-order valence-electron chi connectivity index (χ0n) is 24.7. The van der Waals surface area contributed by atoms with Gasteiger partial charge in [0.2, 0.25) is 18.3 Å². The van der Waals surface area contributed by atoms with Gasteiger partial charge in [-0.15, -0.1) is 0 Å². The summed E-state index contributed by atoms with van der Waals surface area (Å²) in [5.74, 6) is -2.23. The summed E-state index contributed by atoms with van der Waals surface area (Å²) in [6, 6.07) is 6.25. The number of methoxy groups -OCH3 is 3. The van der Waals surface area contributed by atoms with E-state index in [1.54, 1.807) is 0 Å². The van der Waals surface area contributed by atoms with Crippen molar-refractivity contribution < 1.29 is 82.9 Å². The van der Waals surface area contributed by atoms with Crippen LogP contribution in [0.25, 0.3) is 0 Å². The van der Waals surface area contributed by atoms with Crippen molar-refractivity contribution in [1.82, 2.24) is 0 Å². The summed E-state index contributed by atoms with van der Waals surface area (Å²) in [5.41, 5.74) is -0.151. The van der Waals surface area contributed by atoms with Crippen LogP contribution in [0.1, 0.15) is 20.7 Å². The molecule has 46 heavy (non-hydrogen) atoms. The molecule has 6 aliphatic heterocycles. The molecule has 8 bridgehead atoms. The SMILES string of the molecule is COc1cc2ccc1O[C@@H]1O[C@H](COC(=O)c3cc(OC)c(c(OC)c3)O[C@@H]3O[C@H](COC2=O)[C@@H](O)[C@@H](O)[C@H]3O)[C@@H](O)[C@H](O)[C@H]1O.